The highest BCUT2D eigenvalue weighted by atomic mass is 16.6. The molecule has 1 aliphatic carbocycles. The molecule has 19 heavy (non-hydrogen) atoms. The van der Waals surface area contributed by atoms with Crippen LogP contribution in [-0.2, 0) is 0 Å². The van der Waals surface area contributed by atoms with E-state index in [4.69, 9.17) is 5.11 Å². The zero-order chi connectivity index (χ0) is 14.2. The molecule has 0 heterocycles. The number of anilines is 1. The van der Waals surface area contributed by atoms with Gasteiger partial charge in [-0.1, -0.05) is 0 Å². The number of hydrogen-bond acceptors (Lipinski definition) is 4. The lowest BCUT2D eigenvalue weighted by molar-refractivity contribution is -0.385. The van der Waals surface area contributed by atoms with Crippen LogP contribution in [0.25, 0.3) is 0 Å². The molecule has 1 aliphatic rings. The van der Waals surface area contributed by atoms with Gasteiger partial charge in [-0.25, -0.2) is 4.79 Å². The first kappa shape index (κ1) is 13.3. The Balaban J connectivity index is 2.34. The zero-order valence-corrected chi connectivity index (χ0v) is 10.9. The molecule has 1 N–H and O–H groups in total. The van der Waals surface area contributed by atoms with Crippen molar-refractivity contribution in [2.24, 2.45) is 5.92 Å². The van der Waals surface area contributed by atoms with Crippen molar-refractivity contribution < 1.29 is 14.8 Å². The summed E-state index contributed by atoms with van der Waals surface area (Å²) in [6.07, 6.45) is 2.36. The summed E-state index contributed by atoms with van der Waals surface area (Å²) >= 11 is 0. The van der Waals surface area contributed by atoms with E-state index in [1.807, 2.05) is 11.9 Å². The average Bonchev–Trinajstić information content (AvgIpc) is 3.20. The van der Waals surface area contributed by atoms with Crippen LogP contribution in [0.4, 0.5) is 11.4 Å². The summed E-state index contributed by atoms with van der Waals surface area (Å²) in [7, 11) is 1.88. The van der Waals surface area contributed by atoms with E-state index in [1.54, 1.807) is 6.07 Å². The van der Waals surface area contributed by atoms with E-state index in [0.29, 0.717) is 17.6 Å². The van der Waals surface area contributed by atoms with E-state index in [9.17, 15) is 14.9 Å². The van der Waals surface area contributed by atoms with E-state index in [2.05, 4.69) is 6.92 Å². The molecule has 2 rings (SSSR count). The number of nitro groups is 1. The average molecular weight is 264 g/mol. The Morgan fingerprint density at radius 3 is 2.63 bits per heavy atom. The molecule has 6 heteroatoms. The van der Waals surface area contributed by atoms with Gasteiger partial charge >= 0.3 is 5.97 Å². The molecule has 0 saturated heterocycles. The number of carboxylic acid groups (broad SMARTS) is 1. The van der Waals surface area contributed by atoms with Gasteiger partial charge in [0, 0.05) is 24.8 Å². The summed E-state index contributed by atoms with van der Waals surface area (Å²) in [5, 5.41) is 19.9. The van der Waals surface area contributed by atoms with Crippen molar-refractivity contribution in [3.63, 3.8) is 0 Å². The number of aromatic carboxylic acids is 1. The summed E-state index contributed by atoms with van der Waals surface area (Å²) in [6.45, 7) is 2.08. The number of carboxylic acids is 1. The molecule has 0 aliphatic heterocycles. The van der Waals surface area contributed by atoms with Crippen LogP contribution >= 0.6 is 0 Å². The number of hydrogen-bond donors (Lipinski definition) is 1. The Morgan fingerprint density at radius 1 is 1.53 bits per heavy atom. The van der Waals surface area contributed by atoms with Gasteiger partial charge in [-0.3, -0.25) is 10.1 Å². The first-order valence-electron chi connectivity index (χ1n) is 6.16. The third-order valence-corrected chi connectivity index (χ3v) is 3.73. The molecule has 0 aromatic heterocycles. The summed E-state index contributed by atoms with van der Waals surface area (Å²) in [5.74, 6) is -0.653. The van der Waals surface area contributed by atoms with Crippen LogP contribution in [0.3, 0.4) is 0 Å². The Hall–Kier alpha value is -2.11. The molecule has 1 aromatic rings. The lowest BCUT2D eigenvalue weighted by Gasteiger charge is -2.27. The van der Waals surface area contributed by atoms with Crippen molar-refractivity contribution in [2.75, 3.05) is 11.9 Å². The lowest BCUT2D eigenvalue weighted by Crippen LogP contribution is -2.30. The third kappa shape index (κ3) is 2.67. The highest BCUT2D eigenvalue weighted by molar-refractivity contribution is 5.93. The fraction of sp³-hybridized carbons (Fsp3) is 0.462. The van der Waals surface area contributed by atoms with Gasteiger partial charge in [-0.2, -0.15) is 0 Å². The van der Waals surface area contributed by atoms with E-state index in [-0.39, 0.29) is 11.3 Å². The van der Waals surface area contributed by atoms with Gasteiger partial charge in [0.15, 0.2) is 0 Å². The van der Waals surface area contributed by atoms with Crippen molar-refractivity contribution in [1.29, 1.82) is 0 Å². The zero-order valence-electron chi connectivity index (χ0n) is 10.9. The molecular formula is C13H16N2O4. The van der Waals surface area contributed by atoms with Crippen LogP contribution in [0.2, 0.25) is 0 Å². The molecule has 0 radical (unpaired) electrons. The molecule has 1 fully saturated rings. The SMILES string of the molecule is CC(C1CC1)N(C)c1ccc(C(=O)O)c([N+](=O)[O-])c1. The van der Waals surface area contributed by atoms with Crippen LogP contribution in [0.1, 0.15) is 30.1 Å². The number of carbonyl (C=O) groups is 1. The molecular weight excluding hydrogens is 248 g/mol. The highest BCUT2D eigenvalue weighted by Gasteiger charge is 2.31. The smallest absolute Gasteiger partial charge is 0.342 e. The summed E-state index contributed by atoms with van der Waals surface area (Å²) in [6, 6.07) is 4.55. The maximum Gasteiger partial charge on any atom is 0.342 e. The minimum atomic E-state index is -1.28. The summed E-state index contributed by atoms with van der Waals surface area (Å²) in [5.41, 5.74) is 0.0390. The quantitative estimate of drug-likeness (QED) is 0.652. The van der Waals surface area contributed by atoms with Gasteiger partial charge in [-0.05, 0) is 37.8 Å². The maximum atomic E-state index is 10.9. The minimum absolute atomic E-state index is 0.277. The van der Waals surface area contributed by atoms with E-state index < -0.39 is 10.9 Å². The Kier molecular flexibility index (Phi) is 3.42. The van der Waals surface area contributed by atoms with Crippen LogP contribution in [0, 0.1) is 16.0 Å². The Bertz CT molecular complexity index is 525. The minimum Gasteiger partial charge on any atom is -0.477 e. The Morgan fingerprint density at radius 2 is 2.16 bits per heavy atom. The van der Waals surface area contributed by atoms with Crippen molar-refractivity contribution in [1.82, 2.24) is 0 Å². The predicted molar refractivity (Wildman–Crippen MR) is 70.6 cm³/mol. The van der Waals surface area contributed by atoms with E-state index in [0.717, 1.165) is 0 Å². The van der Waals surface area contributed by atoms with Crippen LogP contribution in [0.15, 0.2) is 18.2 Å². The van der Waals surface area contributed by atoms with Crippen LogP contribution in [-0.4, -0.2) is 29.1 Å². The molecule has 102 valence electrons. The first-order chi connectivity index (χ1) is 8.91. The third-order valence-electron chi connectivity index (χ3n) is 3.73. The van der Waals surface area contributed by atoms with Gasteiger partial charge in [0.2, 0.25) is 0 Å². The molecule has 0 spiro atoms. The van der Waals surface area contributed by atoms with Crippen LogP contribution < -0.4 is 4.90 Å². The maximum absolute atomic E-state index is 10.9. The van der Waals surface area contributed by atoms with Gasteiger partial charge in [0.1, 0.15) is 5.56 Å². The molecule has 1 unspecified atom stereocenters. The summed E-state index contributed by atoms with van der Waals surface area (Å²) < 4.78 is 0. The van der Waals surface area contributed by atoms with E-state index in [1.165, 1.54) is 25.0 Å². The number of benzene rings is 1. The first-order valence-corrected chi connectivity index (χ1v) is 6.16. The topological polar surface area (TPSA) is 83.7 Å². The second kappa shape index (κ2) is 4.87. The molecule has 1 aromatic carbocycles. The van der Waals surface area contributed by atoms with Gasteiger partial charge in [0.05, 0.1) is 4.92 Å². The standard InChI is InChI=1S/C13H16N2O4/c1-8(9-3-4-9)14(2)10-5-6-11(13(16)17)12(7-10)15(18)19/h5-9H,3-4H2,1-2H3,(H,16,17). The lowest BCUT2D eigenvalue weighted by atomic mass is 10.1. The van der Waals surface area contributed by atoms with Gasteiger partial charge < -0.3 is 10.0 Å². The molecule has 0 bridgehead atoms. The van der Waals surface area contributed by atoms with Crippen molar-refractivity contribution >= 4 is 17.3 Å². The van der Waals surface area contributed by atoms with E-state index >= 15 is 0 Å². The molecule has 1 saturated carbocycles. The normalized spacial score (nSPS) is 15.9. The predicted octanol–water partition coefficient (Wildman–Crippen LogP) is 2.53. The summed E-state index contributed by atoms with van der Waals surface area (Å²) in [4.78, 5) is 23.2. The monoisotopic (exact) mass is 264 g/mol. The number of rotatable bonds is 5. The van der Waals surface area contributed by atoms with Crippen molar-refractivity contribution in [3.8, 4) is 0 Å². The van der Waals surface area contributed by atoms with Crippen molar-refractivity contribution in [3.05, 3.63) is 33.9 Å². The molecule has 6 nitrogen and oxygen atoms in total. The van der Waals surface area contributed by atoms with Gasteiger partial charge in [-0.15, -0.1) is 0 Å². The molecule has 0 amide bonds. The fourth-order valence-electron chi connectivity index (χ4n) is 2.20. The Labute approximate surface area is 110 Å². The van der Waals surface area contributed by atoms with Crippen LogP contribution in [0.5, 0.6) is 0 Å². The van der Waals surface area contributed by atoms with Gasteiger partial charge in [0.25, 0.3) is 5.69 Å². The highest BCUT2D eigenvalue weighted by Crippen LogP contribution is 2.37. The largest absolute Gasteiger partial charge is 0.477 e. The molecule has 1 atom stereocenters. The number of nitro benzene ring substituents is 1. The second-order valence-electron chi connectivity index (χ2n) is 4.95. The fourth-order valence-corrected chi connectivity index (χ4v) is 2.20. The number of nitrogens with zero attached hydrogens (tertiary/aromatic N) is 2. The van der Waals surface area contributed by atoms with Crippen molar-refractivity contribution in [2.45, 2.75) is 25.8 Å². The second-order valence-corrected chi connectivity index (χ2v) is 4.95.